The first-order chi connectivity index (χ1) is 12.8. The van der Waals surface area contributed by atoms with Crippen molar-refractivity contribution < 1.29 is 27.5 Å². The van der Waals surface area contributed by atoms with Crippen LogP contribution in [0.3, 0.4) is 0 Å². The Hall–Kier alpha value is -2.42. The number of nitrogens with zero attached hydrogens (tertiary/aromatic N) is 2. The molecule has 0 aliphatic carbocycles. The van der Waals surface area contributed by atoms with E-state index in [0.717, 1.165) is 0 Å². The molecule has 2 atom stereocenters. The van der Waals surface area contributed by atoms with Crippen molar-refractivity contribution >= 4 is 27.8 Å². The highest BCUT2D eigenvalue weighted by Crippen LogP contribution is 2.30. The van der Waals surface area contributed by atoms with Gasteiger partial charge >= 0.3 is 11.9 Å². The SMILES string of the molecule is C[C@@H]1C[C@H](OC(=O)C2CCN(C3=NS(=O)(=O)c4ccccc43)CC2)C(=O)O1. The first-order valence-electron chi connectivity index (χ1n) is 8.95. The number of benzene rings is 1. The fourth-order valence-electron chi connectivity index (χ4n) is 3.70. The fraction of sp³-hybridized carbons (Fsp3) is 0.500. The standard InChI is InChI=1S/C18H20N2O6S/c1-11-10-14(18(22)25-11)26-17(21)12-6-8-20(9-7-12)16-13-4-2-3-5-15(13)27(23,24)19-16/h2-5,11-12,14H,6-10H2,1H3/t11-,14+/m1/s1. The fourth-order valence-corrected chi connectivity index (χ4v) is 4.92. The molecule has 9 heteroatoms. The van der Waals surface area contributed by atoms with Crippen LogP contribution < -0.4 is 0 Å². The number of ether oxygens (including phenoxy) is 2. The predicted molar refractivity (Wildman–Crippen MR) is 94.5 cm³/mol. The van der Waals surface area contributed by atoms with Crippen LogP contribution in [0.15, 0.2) is 33.6 Å². The Morgan fingerprint density at radius 2 is 1.96 bits per heavy atom. The molecular weight excluding hydrogens is 372 g/mol. The van der Waals surface area contributed by atoms with Crippen molar-refractivity contribution in [3.63, 3.8) is 0 Å². The zero-order valence-electron chi connectivity index (χ0n) is 14.8. The number of piperidine rings is 1. The lowest BCUT2D eigenvalue weighted by Gasteiger charge is -2.32. The van der Waals surface area contributed by atoms with E-state index >= 15 is 0 Å². The number of cyclic esters (lactones) is 1. The summed E-state index contributed by atoms with van der Waals surface area (Å²) >= 11 is 0. The summed E-state index contributed by atoms with van der Waals surface area (Å²) < 4.78 is 38.6. The molecule has 0 saturated carbocycles. The van der Waals surface area contributed by atoms with Crippen molar-refractivity contribution in [2.45, 2.75) is 43.3 Å². The second-order valence-corrected chi connectivity index (χ2v) is 8.63. The molecule has 3 aliphatic rings. The molecule has 2 saturated heterocycles. The molecule has 0 radical (unpaired) electrons. The van der Waals surface area contributed by atoms with Gasteiger partial charge in [-0.25, -0.2) is 4.79 Å². The number of amidine groups is 1. The maximum Gasteiger partial charge on any atom is 0.347 e. The van der Waals surface area contributed by atoms with Gasteiger partial charge in [-0.3, -0.25) is 4.79 Å². The van der Waals surface area contributed by atoms with Gasteiger partial charge in [0.1, 0.15) is 11.0 Å². The number of hydrogen-bond donors (Lipinski definition) is 0. The highest BCUT2D eigenvalue weighted by Gasteiger charge is 2.38. The second kappa shape index (κ2) is 6.63. The third-order valence-corrected chi connectivity index (χ3v) is 6.45. The van der Waals surface area contributed by atoms with Gasteiger partial charge in [0, 0.05) is 25.1 Å². The number of fused-ring (bicyclic) bond motifs is 1. The maximum absolute atomic E-state index is 12.4. The Bertz CT molecular complexity index is 918. The summed E-state index contributed by atoms with van der Waals surface area (Å²) in [6.45, 7) is 2.75. The number of carbonyl (C=O) groups is 2. The lowest BCUT2D eigenvalue weighted by atomic mass is 9.96. The molecule has 0 aromatic heterocycles. The van der Waals surface area contributed by atoms with Crippen molar-refractivity contribution in [2.75, 3.05) is 13.1 Å². The van der Waals surface area contributed by atoms with Crippen LogP contribution in [0, 0.1) is 5.92 Å². The number of likely N-dealkylation sites (tertiary alicyclic amines) is 1. The first-order valence-corrected chi connectivity index (χ1v) is 10.4. The third kappa shape index (κ3) is 3.31. The molecule has 0 N–H and O–H groups in total. The summed E-state index contributed by atoms with van der Waals surface area (Å²) in [5.74, 6) is -0.771. The van der Waals surface area contributed by atoms with Crippen molar-refractivity contribution in [1.29, 1.82) is 0 Å². The highest BCUT2D eigenvalue weighted by molar-refractivity contribution is 7.90. The van der Waals surface area contributed by atoms with Crippen molar-refractivity contribution in [1.82, 2.24) is 4.90 Å². The van der Waals surface area contributed by atoms with Gasteiger partial charge in [-0.2, -0.15) is 8.42 Å². The van der Waals surface area contributed by atoms with Crippen LogP contribution in [-0.4, -0.2) is 56.4 Å². The summed E-state index contributed by atoms with van der Waals surface area (Å²) in [7, 11) is -3.66. The van der Waals surface area contributed by atoms with E-state index in [4.69, 9.17) is 9.47 Å². The van der Waals surface area contributed by atoms with Gasteiger partial charge in [0.15, 0.2) is 5.84 Å². The molecule has 2 fully saturated rings. The average molecular weight is 392 g/mol. The molecule has 8 nitrogen and oxygen atoms in total. The van der Waals surface area contributed by atoms with Crippen LogP contribution in [-0.2, 0) is 29.1 Å². The van der Waals surface area contributed by atoms with E-state index in [1.165, 1.54) is 0 Å². The smallest absolute Gasteiger partial charge is 0.347 e. The lowest BCUT2D eigenvalue weighted by Crippen LogP contribution is -2.41. The third-order valence-electron chi connectivity index (χ3n) is 5.12. The minimum Gasteiger partial charge on any atom is -0.460 e. The Morgan fingerprint density at radius 1 is 1.26 bits per heavy atom. The van der Waals surface area contributed by atoms with Crippen LogP contribution >= 0.6 is 0 Å². The number of sulfonamides is 1. The molecule has 0 unspecified atom stereocenters. The molecule has 4 rings (SSSR count). The normalized spacial score (nSPS) is 27.1. The van der Waals surface area contributed by atoms with Gasteiger partial charge in [0.25, 0.3) is 10.0 Å². The topological polar surface area (TPSA) is 102 Å². The number of hydrogen-bond acceptors (Lipinski definition) is 7. The van der Waals surface area contributed by atoms with Crippen LogP contribution in [0.1, 0.15) is 31.7 Å². The van der Waals surface area contributed by atoms with Crippen LogP contribution in [0.4, 0.5) is 0 Å². The molecule has 1 aromatic carbocycles. The molecular formula is C18H20N2O6S. The molecule has 0 bridgehead atoms. The molecule has 0 spiro atoms. The molecule has 0 amide bonds. The summed E-state index contributed by atoms with van der Waals surface area (Å²) in [5, 5.41) is 0. The van der Waals surface area contributed by atoms with Crippen molar-refractivity contribution in [3.05, 3.63) is 29.8 Å². The average Bonchev–Trinajstić information content (AvgIpc) is 3.11. The zero-order chi connectivity index (χ0) is 19.2. The summed E-state index contributed by atoms with van der Waals surface area (Å²) in [6.07, 6.45) is 0.352. The Morgan fingerprint density at radius 3 is 2.63 bits per heavy atom. The summed E-state index contributed by atoms with van der Waals surface area (Å²) in [4.78, 5) is 26.1. The van der Waals surface area contributed by atoms with Gasteiger partial charge in [-0.05, 0) is 31.9 Å². The van der Waals surface area contributed by atoms with E-state index in [1.807, 2.05) is 4.90 Å². The monoisotopic (exact) mass is 392 g/mol. The Balaban J connectivity index is 1.40. The summed E-state index contributed by atoms with van der Waals surface area (Å²) in [6, 6.07) is 6.74. The van der Waals surface area contributed by atoms with Crippen LogP contribution in [0.5, 0.6) is 0 Å². The summed E-state index contributed by atoms with van der Waals surface area (Å²) in [5.41, 5.74) is 0.598. The van der Waals surface area contributed by atoms with E-state index in [9.17, 15) is 18.0 Å². The molecule has 144 valence electrons. The second-order valence-electron chi connectivity index (χ2n) is 7.06. The zero-order valence-corrected chi connectivity index (χ0v) is 15.6. The predicted octanol–water partition coefficient (Wildman–Crippen LogP) is 1.09. The van der Waals surface area contributed by atoms with Gasteiger partial charge in [-0.1, -0.05) is 12.1 Å². The maximum atomic E-state index is 12.4. The van der Waals surface area contributed by atoms with Crippen LogP contribution in [0.25, 0.3) is 0 Å². The van der Waals surface area contributed by atoms with E-state index < -0.39 is 28.1 Å². The largest absolute Gasteiger partial charge is 0.460 e. The van der Waals surface area contributed by atoms with E-state index in [1.54, 1.807) is 31.2 Å². The van der Waals surface area contributed by atoms with E-state index in [-0.39, 0.29) is 16.9 Å². The van der Waals surface area contributed by atoms with Crippen molar-refractivity contribution in [2.24, 2.45) is 10.3 Å². The van der Waals surface area contributed by atoms with Crippen molar-refractivity contribution in [3.8, 4) is 0 Å². The molecule has 3 heterocycles. The van der Waals surface area contributed by atoms with E-state index in [0.29, 0.717) is 43.8 Å². The quantitative estimate of drug-likeness (QED) is 0.694. The molecule has 27 heavy (non-hydrogen) atoms. The lowest BCUT2D eigenvalue weighted by molar-refractivity contribution is -0.164. The van der Waals surface area contributed by atoms with Crippen LogP contribution in [0.2, 0.25) is 0 Å². The van der Waals surface area contributed by atoms with Gasteiger partial charge in [0.2, 0.25) is 6.10 Å². The van der Waals surface area contributed by atoms with Gasteiger partial charge < -0.3 is 14.4 Å². The van der Waals surface area contributed by atoms with Gasteiger partial charge in [-0.15, -0.1) is 4.40 Å². The number of rotatable bonds is 2. The molecule has 1 aromatic rings. The minimum atomic E-state index is -3.66. The Kier molecular flexibility index (Phi) is 4.41. The highest BCUT2D eigenvalue weighted by atomic mass is 32.2. The molecule has 3 aliphatic heterocycles. The van der Waals surface area contributed by atoms with Gasteiger partial charge in [0.05, 0.1) is 5.92 Å². The number of esters is 2. The Labute approximate surface area is 157 Å². The number of carbonyl (C=O) groups excluding carboxylic acids is 2. The minimum absolute atomic E-state index is 0.218. The van der Waals surface area contributed by atoms with E-state index in [2.05, 4.69) is 4.40 Å². The first kappa shape index (κ1) is 18.0.